The Balaban J connectivity index is 1.83. The van der Waals surface area contributed by atoms with E-state index in [4.69, 9.17) is 9.84 Å². The normalized spacial score (nSPS) is 13.6. The molecule has 2 aromatic heterocycles. The molecule has 0 saturated heterocycles. The molecular weight excluding hydrogens is 459 g/mol. The van der Waals surface area contributed by atoms with Crippen molar-refractivity contribution < 1.29 is 24.1 Å². The highest BCUT2D eigenvalue weighted by Crippen LogP contribution is 2.40. The van der Waals surface area contributed by atoms with Crippen LogP contribution in [-0.2, 0) is 9.53 Å². The van der Waals surface area contributed by atoms with E-state index in [9.17, 15) is 19.4 Å². The highest BCUT2D eigenvalue weighted by atomic mass is 19.1. The van der Waals surface area contributed by atoms with E-state index in [0.717, 1.165) is 38.7 Å². The summed E-state index contributed by atoms with van der Waals surface area (Å²) in [4.78, 5) is 11.6. The topological polar surface area (TPSA) is 84.1 Å². The van der Waals surface area contributed by atoms with Crippen LogP contribution in [0.4, 0.5) is 4.39 Å². The molecule has 2 heterocycles. The molecule has 36 heavy (non-hydrogen) atoms. The summed E-state index contributed by atoms with van der Waals surface area (Å²) in [5.41, 5.74) is 4.43. The van der Waals surface area contributed by atoms with Gasteiger partial charge in [0.15, 0.2) is 0 Å². The van der Waals surface area contributed by atoms with Crippen molar-refractivity contribution >= 4 is 28.3 Å². The van der Waals surface area contributed by atoms with Gasteiger partial charge >= 0.3 is 5.97 Å². The third kappa shape index (κ3) is 5.32. The molecule has 7 heteroatoms. The van der Waals surface area contributed by atoms with Crippen LogP contribution in [0.25, 0.3) is 33.5 Å². The minimum Gasteiger partial charge on any atom is -0.466 e. The first-order chi connectivity index (χ1) is 17.3. The number of hydrogen-bond donors (Lipinski definition) is 2. The van der Waals surface area contributed by atoms with Crippen LogP contribution in [0.1, 0.15) is 50.8 Å². The largest absolute Gasteiger partial charge is 0.466 e. The highest BCUT2D eigenvalue weighted by Gasteiger charge is 2.23. The fourth-order valence-corrected chi connectivity index (χ4v) is 4.60. The fourth-order valence-electron chi connectivity index (χ4n) is 4.60. The number of hydrogen-bond acceptors (Lipinski definition) is 5. The Morgan fingerprint density at radius 1 is 1.14 bits per heavy atom. The summed E-state index contributed by atoms with van der Waals surface area (Å²) in [6, 6.07) is 14.3. The number of aliphatic hydroxyl groups is 2. The summed E-state index contributed by atoms with van der Waals surface area (Å²) in [7, 11) is 0. The van der Waals surface area contributed by atoms with Gasteiger partial charge in [0, 0.05) is 28.3 Å². The third-order valence-corrected chi connectivity index (χ3v) is 6.14. The Bertz CT molecular complexity index is 1390. The van der Waals surface area contributed by atoms with Gasteiger partial charge in [0.05, 0.1) is 42.6 Å². The van der Waals surface area contributed by atoms with Gasteiger partial charge in [-0.2, -0.15) is 5.10 Å². The van der Waals surface area contributed by atoms with Gasteiger partial charge < -0.3 is 14.9 Å². The molecule has 2 unspecified atom stereocenters. The van der Waals surface area contributed by atoms with E-state index < -0.39 is 18.2 Å². The van der Waals surface area contributed by atoms with Crippen LogP contribution in [0.5, 0.6) is 0 Å². The van der Waals surface area contributed by atoms with Crippen molar-refractivity contribution in [1.82, 2.24) is 9.61 Å². The van der Waals surface area contributed by atoms with Crippen LogP contribution in [0.15, 0.2) is 60.8 Å². The number of ether oxygens (including phenoxy) is 1. The van der Waals surface area contributed by atoms with Crippen molar-refractivity contribution in [1.29, 1.82) is 0 Å². The second-order valence-corrected chi connectivity index (χ2v) is 9.15. The standard InChI is InChI=1S/C29H31FN2O4/c1-4-36-26(35)16-23(34)15-22(33)13-14-25-27(19-9-11-21(30)12-10-19)29-24-8-6-5-7-20(24)17-31-32(29)28(25)18(2)3/h5-14,17-18,22-23,33-34H,4,15-16H2,1-3H3/b14-13+. The smallest absolute Gasteiger partial charge is 0.308 e. The lowest BCUT2D eigenvalue weighted by Crippen LogP contribution is -2.20. The minimum absolute atomic E-state index is 0.00718. The Labute approximate surface area is 209 Å². The number of halogens is 1. The van der Waals surface area contributed by atoms with Crippen molar-refractivity contribution in [3.63, 3.8) is 0 Å². The number of nitrogens with zero attached hydrogens (tertiary/aromatic N) is 2. The van der Waals surface area contributed by atoms with Crippen molar-refractivity contribution in [2.45, 2.75) is 51.7 Å². The summed E-state index contributed by atoms with van der Waals surface area (Å²) >= 11 is 0. The number of fused-ring (bicyclic) bond motifs is 3. The van der Waals surface area contributed by atoms with Crippen LogP contribution in [0.3, 0.4) is 0 Å². The van der Waals surface area contributed by atoms with E-state index in [-0.39, 0.29) is 31.2 Å². The maximum atomic E-state index is 13.8. The lowest BCUT2D eigenvalue weighted by molar-refractivity contribution is -0.145. The monoisotopic (exact) mass is 490 g/mol. The second-order valence-electron chi connectivity index (χ2n) is 9.15. The molecule has 4 aromatic rings. The van der Waals surface area contributed by atoms with Gasteiger partial charge in [-0.05, 0) is 30.5 Å². The van der Waals surface area contributed by atoms with Gasteiger partial charge in [-0.25, -0.2) is 8.91 Å². The SMILES string of the molecule is CCOC(=O)CC(O)CC(O)/C=C/c1c(-c2ccc(F)cc2)c2c3ccccc3cnn2c1C(C)C. The van der Waals surface area contributed by atoms with E-state index in [1.165, 1.54) is 12.1 Å². The average molecular weight is 491 g/mol. The number of aromatic nitrogens is 2. The molecule has 0 fully saturated rings. The van der Waals surface area contributed by atoms with Gasteiger partial charge in [0.1, 0.15) is 5.82 Å². The maximum absolute atomic E-state index is 13.8. The third-order valence-electron chi connectivity index (χ3n) is 6.14. The number of rotatable bonds is 9. The molecule has 0 aliphatic heterocycles. The van der Waals surface area contributed by atoms with E-state index in [1.807, 2.05) is 41.1 Å². The summed E-state index contributed by atoms with van der Waals surface area (Å²) < 4.78 is 20.6. The van der Waals surface area contributed by atoms with Crippen LogP contribution in [0, 0.1) is 5.82 Å². The van der Waals surface area contributed by atoms with Crippen LogP contribution < -0.4 is 0 Å². The van der Waals surface area contributed by atoms with Crippen LogP contribution in [-0.4, -0.2) is 44.6 Å². The van der Waals surface area contributed by atoms with Gasteiger partial charge in [0.2, 0.25) is 0 Å². The minimum atomic E-state index is -1.02. The highest BCUT2D eigenvalue weighted by molar-refractivity contribution is 6.06. The van der Waals surface area contributed by atoms with Crippen molar-refractivity contribution in [3.8, 4) is 11.1 Å². The summed E-state index contributed by atoms with van der Waals surface area (Å²) in [5.74, 6) is -0.734. The van der Waals surface area contributed by atoms with E-state index in [2.05, 4.69) is 13.8 Å². The second kappa shape index (κ2) is 11.0. The first-order valence-corrected chi connectivity index (χ1v) is 12.2. The number of carbonyl (C=O) groups is 1. The Morgan fingerprint density at radius 3 is 2.56 bits per heavy atom. The fraction of sp³-hybridized carbons (Fsp3) is 0.310. The molecule has 2 atom stereocenters. The predicted octanol–water partition coefficient (Wildman–Crippen LogP) is 5.50. The molecule has 0 saturated carbocycles. The van der Waals surface area contributed by atoms with E-state index in [1.54, 1.807) is 25.1 Å². The molecule has 188 valence electrons. The molecule has 0 aliphatic carbocycles. The molecule has 0 aliphatic rings. The van der Waals surface area contributed by atoms with Gasteiger partial charge in [-0.3, -0.25) is 4.79 Å². The first-order valence-electron chi connectivity index (χ1n) is 12.2. The zero-order chi connectivity index (χ0) is 25.8. The Morgan fingerprint density at radius 2 is 1.86 bits per heavy atom. The number of benzene rings is 2. The molecule has 6 nitrogen and oxygen atoms in total. The molecule has 0 bridgehead atoms. The molecule has 2 aromatic carbocycles. The molecular formula is C29H31FN2O4. The summed E-state index contributed by atoms with van der Waals surface area (Å²) in [6.07, 6.45) is 3.09. The van der Waals surface area contributed by atoms with E-state index >= 15 is 0 Å². The average Bonchev–Trinajstić information content (AvgIpc) is 3.18. The molecule has 0 amide bonds. The number of carbonyl (C=O) groups excluding carboxylic acids is 1. The lowest BCUT2D eigenvalue weighted by atomic mass is 9.95. The molecule has 2 N–H and O–H groups in total. The zero-order valence-electron chi connectivity index (χ0n) is 20.7. The van der Waals surface area contributed by atoms with Crippen molar-refractivity contribution in [2.24, 2.45) is 0 Å². The quantitative estimate of drug-likeness (QED) is 0.303. The van der Waals surface area contributed by atoms with E-state index in [0.29, 0.717) is 0 Å². The zero-order valence-corrected chi connectivity index (χ0v) is 20.7. The van der Waals surface area contributed by atoms with Crippen LogP contribution in [0.2, 0.25) is 0 Å². The summed E-state index contributed by atoms with van der Waals surface area (Å²) in [6.45, 7) is 6.09. The van der Waals surface area contributed by atoms with Crippen LogP contribution >= 0.6 is 0 Å². The number of aliphatic hydroxyl groups excluding tert-OH is 2. The summed E-state index contributed by atoms with van der Waals surface area (Å²) in [5, 5.41) is 27.6. The first kappa shape index (κ1) is 25.5. The predicted molar refractivity (Wildman–Crippen MR) is 139 cm³/mol. The molecule has 0 spiro atoms. The van der Waals surface area contributed by atoms with Gasteiger partial charge in [0.25, 0.3) is 0 Å². The lowest BCUT2D eigenvalue weighted by Gasteiger charge is -2.13. The molecule has 0 radical (unpaired) electrons. The Kier molecular flexibility index (Phi) is 7.82. The van der Waals surface area contributed by atoms with Gasteiger partial charge in [-0.1, -0.05) is 62.4 Å². The van der Waals surface area contributed by atoms with Crippen molar-refractivity contribution in [3.05, 3.63) is 77.9 Å². The maximum Gasteiger partial charge on any atom is 0.308 e. The number of esters is 1. The molecule has 4 rings (SSSR count). The van der Waals surface area contributed by atoms with Crippen molar-refractivity contribution in [2.75, 3.05) is 6.61 Å². The van der Waals surface area contributed by atoms with Gasteiger partial charge in [-0.15, -0.1) is 0 Å². The Hall–Kier alpha value is -3.55.